The SMILES string of the molecule is CC(c1ccc2c(n1)OCCO2)N1CCC(O/C(N)=C/C=C(\N)C(N)=O)CC1.CS. The second-order valence-electron chi connectivity index (χ2n) is 6.82. The lowest BCUT2D eigenvalue weighted by atomic mass is 10.0. The van der Waals surface area contributed by atoms with Crippen molar-refractivity contribution in [2.24, 2.45) is 17.2 Å². The molecule has 0 spiro atoms. The Morgan fingerprint density at radius 2 is 1.87 bits per heavy atom. The lowest BCUT2D eigenvalue weighted by molar-refractivity contribution is -0.114. The fourth-order valence-corrected chi connectivity index (χ4v) is 3.23. The Bertz CT molecular complexity index is 778. The molecule has 3 heterocycles. The molecule has 1 fully saturated rings. The molecule has 1 aromatic rings. The van der Waals surface area contributed by atoms with Gasteiger partial charge in [0, 0.05) is 19.1 Å². The van der Waals surface area contributed by atoms with Crippen LogP contribution in [-0.2, 0) is 9.53 Å². The van der Waals surface area contributed by atoms with E-state index in [9.17, 15) is 4.79 Å². The van der Waals surface area contributed by atoms with Gasteiger partial charge in [0.25, 0.3) is 11.8 Å². The minimum absolute atomic E-state index is 0.0103. The van der Waals surface area contributed by atoms with Gasteiger partial charge in [0.2, 0.25) is 0 Å². The molecular weight excluding hydrogens is 406 g/mol. The molecule has 2 aliphatic heterocycles. The summed E-state index contributed by atoms with van der Waals surface area (Å²) >= 11 is 3.53. The van der Waals surface area contributed by atoms with E-state index in [-0.39, 0.29) is 23.7 Å². The van der Waals surface area contributed by atoms with Gasteiger partial charge in [0.1, 0.15) is 19.3 Å². The molecule has 1 atom stereocenters. The number of aromatic nitrogens is 1. The van der Waals surface area contributed by atoms with E-state index in [0.29, 0.717) is 24.8 Å². The number of amides is 1. The molecular formula is C20H31N5O4S. The standard InChI is InChI=1S/C19H27N5O4.CH4S/c1-12(15-3-4-16-19(23-15)27-11-10-26-16)24-8-6-13(7-9-24)28-17(21)5-2-14(20)18(22)25;1-2/h2-5,12-13H,6-11,20-21H2,1H3,(H2,22,25);2H,1H3/b14-2-,17-5+;. The van der Waals surface area contributed by atoms with Crippen molar-refractivity contribution in [1.29, 1.82) is 0 Å². The van der Waals surface area contributed by atoms with Crippen molar-refractivity contribution in [3.8, 4) is 11.6 Å². The number of carbonyl (C=O) groups is 1. The third-order valence-electron chi connectivity index (χ3n) is 4.89. The van der Waals surface area contributed by atoms with Crippen LogP contribution in [0.5, 0.6) is 11.6 Å². The van der Waals surface area contributed by atoms with Gasteiger partial charge in [-0.25, -0.2) is 4.98 Å². The maximum atomic E-state index is 10.9. The highest BCUT2D eigenvalue weighted by atomic mass is 32.1. The summed E-state index contributed by atoms with van der Waals surface area (Å²) in [5.74, 6) is 0.779. The van der Waals surface area contributed by atoms with Crippen molar-refractivity contribution >= 4 is 18.5 Å². The summed E-state index contributed by atoms with van der Waals surface area (Å²) in [5.41, 5.74) is 17.2. The van der Waals surface area contributed by atoms with Gasteiger partial charge < -0.3 is 31.4 Å². The molecule has 1 amide bonds. The largest absolute Gasteiger partial charge is 0.484 e. The van der Waals surface area contributed by atoms with Crippen LogP contribution >= 0.6 is 12.6 Å². The van der Waals surface area contributed by atoms with Crippen molar-refractivity contribution in [2.45, 2.75) is 31.9 Å². The summed E-state index contributed by atoms with van der Waals surface area (Å²) in [6, 6.07) is 4.06. The van der Waals surface area contributed by atoms with Crippen LogP contribution in [0.4, 0.5) is 0 Å². The van der Waals surface area contributed by atoms with Crippen LogP contribution in [0.3, 0.4) is 0 Å². The van der Waals surface area contributed by atoms with E-state index in [4.69, 9.17) is 31.4 Å². The first kappa shape index (κ1) is 23.7. The first-order valence-corrected chi connectivity index (χ1v) is 10.7. The lowest BCUT2D eigenvalue weighted by Crippen LogP contribution is -2.39. The zero-order valence-corrected chi connectivity index (χ0v) is 18.3. The van der Waals surface area contributed by atoms with Gasteiger partial charge in [-0.3, -0.25) is 9.69 Å². The number of nitrogens with two attached hydrogens (primary N) is 3. The average Bonchev–Trinajstić information content (AvgIpc) is 2.78. The number of carbonyl (C=O) groups excluding carboxylic acids is 1. The van der Waals surface area contributed by atoms with E-state index in [1.165, 1.54) is 12.2 Å². The molecule has 3 rings (SSSR count). The number of fused-ring (bicyclic) bond motifs is 1. The predicted octanol–water partition coefficient (Wildman–Crippen LogP) is 1.07. The highest BCUT2D eigenvalue weighted by molar-refractivity contribution is 7.79. The number of rotatable bonds is 6. The Morgan fingerprint density at radius 3 is 2.53 bits per heavy atom. The van der Waals surface area contributed by atoms with Gasteiger partial charge in [0.05, 0.1) is 11.4 Å². The fourth-order valence-electron chi connectivity index (χ4n) is 3.23. The van der Waals surface area contributed by atoms with Gasteiger partial charge in [-0.1, -0.05) is 0 Å². The van der Waals surface area contributed by atoms with Crippen molar-refractivity contribution in [3.05, 3.63) is 41.6 Å². The zero-order valence-electron chi connectivity index (χ0n) is 17.4. The van der Waals surface area contributed by atoms with Crippen molar-refractivity contribution in [3.63, 3.8) is 0 Å². The van der Waals surface area contributed by atoms with Gasteiger partial charge in [-0.2, -0.15) is 12.6 Å². The number of ether oxygens (including phenoxy) is 3. The highest BCUT2D eigenvalue weighted by Gasteiger charge is 2.26. The summed E-state index contributed by atoms with van der Waals surface area (Å²) in [6.45, 7) is 4.92. The van der Waals surface area contributed by atoms with Gasteiger partial charge >= 0.3 is 0 Å². The van der Waals surface area contributed by atoms with Crippen molar-refractivity contribution in [1.82, 2.24) is 9.88 Å². The molecule has 0 aliphatic carbocycles. The predicted molar refractivity (Wildman–Crippen MR) is 118 cm³/mol. The van der Waals surface area contributed by atoms with E-state index >= 15 is 0 Å². The minimum atomic E-state index is -0.695. The molecule has 9 nitrogen and oxygen atoms in total. The Kier molecular flexibility index (Phi) is 9.13. The molecule has 1 unspecified atom stereocenters. The van der Waals surface area contributed by atoms with Gasteiger partial charge in [-0.15, -0.1) is 0 Å². The smallest absolute Gasteiger partial charge is 0.264 e. The maximum Gasteiger partial charge on any atom is 0.264 e. The van der Waals surface area contributed by atoms with Crippen LogP contribution in [0.2, 0.25) is 0 Å². The molecule has 1 saturated heterocycles. The van der Waals surface area contributed by atoms with Crippen LogP contribution < -0.4 is 26.7 Å². The average molecular weight is 438 g/mol. The molecule has 6 N–H and O–H groups in total. The third kappa shape index (κ3) is 6.46. The van der Waals surface area contributed by atoms with Crippen molar-refractivity contribution in [2.75, 3.05) is 32.6 Å². The molecule has 10 heteroatoms. The monoisotopic (exact) mass is 437 g/mol. The van der Waals surface area contributed by atoms with Crippen LogP contribution in [0.1, 0.15) is 31.5 Å². The van der Waals surface area contributed by atoms with Crippen LogP contribution in [0, 0.1) is 0 Å². The Labute approximate surface area is 182 Å². The molecule has 0 bridgehead atoms. The van der Waals surface area contributed by atoms with Crippen LogP contribution in [-0.4, -0.2) is 54.5 Å². The number of likely N-dealkylation sites (tertiary alicyclic amines) is 1. The normalized spacial score (nSPS) is 18.8. The number of hydrogen-bond acceptors (Lipinski definition) is 9. The summed E-state index contributed by atoms with van der Waals surface area (Å²) in [5, 5.41) is 0. The van der Waals surface area contributed by atoms with Crippen LogP contribution in [0.15, 0.2) is 35.9 Å². The Balaban J connectivity index is 0.00000155. The highest BCUT2D eigenvalue weighted by Crippen LogP contribution is 2.31. The summed E-state index contributed by atoms with van der Waals surface area (Å²) in [7, 11) is 0. The Hall–Kier alpha value is -2.59. The van der Waals surface area contributed by atoms with Gasteiger partial charge in [-0.05, 0) is 50.3 Å². The maximum absolute atomic E-state index is 10.9. The lowest BCUT2D eigenvalue weighted by Gasteiger charge is -2.36. The van der Waals surface area contributed by atoms with E-state index in [1.54, 1.807) is 6.26 Å². The molecule has 0 radical (unpaired) electrons. The number of allylic oxidation sites excluding steroid dienone is 2. The third-order valence-corrected chi connectivity index (χ3v) is 4.89. The van der Waals surface area contributed by atoms with E-state index in [0.717, 1.165) is 31.6 Å². The molecule has 2 aliphatic rings. The molecule has 0 aromatic carbocycles. The van der Waals surface area contributed by atoms with Gasteiger partial charge in [0.15, 0.2) is 11.6 Å². The topological polar surface area (TPSA) is 139 Å². The number of nitrogens with zero attached hydrogens (tertiary/aromatic N) is 2. The number of piperidine rings is 1. The number of thiol groups is 1. The van der Waals surface area contributed by atoms with Crippen molar-refractivity contribution < 1.29 is 19.0 Å². The first-order chi connectivity index (χ1) is 14.4. The quantitative estimate of drug-likeness (QED) is 0.224. The summed E-state index contributed by atoms with van der Waals surface area (Å²) in [6.07, 6.45) is 6.17. The minimum Gasteiger partial charge on any atom is -0.484 e. The number of primary amides is 1. The second kappa shape index (κ2) is 11.6. The van der Waals surface area contributed by atoms with E-state index < -0.39 is 5.91 Å². The van der Waals surface area contributed by atoms with E-state index in [2.05, 4.69) is 29.4 Å². The first-order valence-electron chi connectivity index (χ1n) is 9.78. The summed E-state index contributed by atoms with van der Waals surface area (Å²) in [4.78, 5) is 17.8. The zero-order chi connectivity index (χ0) is 22.1. The second-order valence-corrected chi connectivity index (χ2v) is 6.82. The Morgan fingerprint density at radius 1 is 1.20 bits per heavy atom. The number of hydrogen-bond donors (Lipinski definition) is 4. The number of pyridine rings is 1. The van der Waals surface area contributed by atoms with Crippen LogP contribution in [0.25, 0.3) is 0 Å². The molecule has 0 saturated carbocycles. The molecule has 1 aromatic heterocycles. The fraction of sp³-hybridized carbons (Fsp3) is 0.500. The molecule has 166 valence electrons. The molecule has 30 heavy (non-hydrogen) atoms. The van der Waals surface area contributed by atoms with E-state index in [1.807, 2.05) is 12.1 Å². The summed E-state index contributed by atoms with van der Waals surface area (Å²) < 4.78 is 16.8.